The van der Waals surface area contributed by atoms with Crippen LogP contribution in [0.1, 0.15) is 23.0 Å². The molecule has 0 bridgehead atoms. The summed E-state index contributed by atoms with van der Waals surface area (Å²) in [6.07, 6.45) is 3.72. The average Bonchev–Trinajstić information content (AvgIpc) is 3.01. The number of hydrogen-bond donors (Lipinski definition) is 1. The van der Waals surface area contributed by atoms with Gasteiger partial charge in [0.05, 0.1) is 5.75 Å². The van der Waals surface area contributed by atoms with Crippen molar-refractivity contribution in [3.8, 4) is 0 Å². The number of benzene rings is 1. The fourth-order valence-corrected chi connectivity index (χ4v) is 3.93. The average molecular weight is 344 g/mol. The maximum absolute atomic E-state index is 12.7. The van der Waals surface area contributed by atoms with Crippen LogP contribution in [0.15, 0.2) is 36.7 Å². The van der Waals surface area contributed by atoms with E-state index in [2.05, 4.69) is 41.5 Å². The second kappa shape index (κ2) is 7.85. The Balaban J connectivity index is 1.59. The van der Waals surface area contributed by atoms with Crippen molar-refractivity contribution in [1.82, 2.24) is 19.8 Å². The second-order valence-electron chi connectivity index (χ2n) is 6.19. The van der Waals surface area contributed by atoms with E-state index >= 15 is 0 Å². The maximum Gasteiger partial charge on any atom is 0.233 e. The molecule has 0 aliphatic carbocycles. The predicted molar refractivity (Wildman–Crippen MR) is 97.9 cm³/mol. The minimum Gasteiger partial charge on any atom is -0.336 e. The fraction of sp³-hybridized carbons (Fsp3) is 0.444. The summed E-state index contributed by atoms with van der Waals surface area (Å²) >= 11 is 1.68. The summed E-state index contributed by atoms with van der Waals surface area (Å²) in [5, 5.41) is 3.37. The number of imidazole rings is 1. The summed E-state index contributed by atoms with van der Waals surface area (Å²) in [7, 11) is 1.98. The third-order valence-electron chi connectivity index (χ3n) is 4.30. The molecule has 1 amide bonds. The van der Waals surface area contributed by atoms with E-state index in [1.54, 1.807) is 18.0 Å². The summed E-state index contributed by atoms with van der Waals surface area (Å²) in [5.41, 5.74) is 2.53. The van der Waals surface area contributed by atoms with Crippen LogP contribution in [-0.4, -0.2) is 45.7 Å². The van der Waals surface area contributed by atoms with E-state index in [1.807, 2.05) is 22.7 Å². The minimum atomic E-state index is 0.0193. The molecule has 1 aliphatic heterocycles. The van der Waals surface area contributed by atoms with E-state index in [4.69, 9.17) is 0 Å². The number of aromatic nitrogens is 2. The molecule has 1 N–H and O–H groups in total. The number of carbonyl (C=O) groups excluding carboxylic acids is 1. The molecule has 24 heavy (non-hydrogen) atoms. The fourth-order valence-electron chi connectivity index (χ4n) is 3.07. The molecule has 2 aromatic rings. The molecule has 1 aromatic carbocycles. The molecule has 6 heteroatoms. The molecule has 1 aliphatic rings. The van der Waals surface area contributed by atoms with Gasteiger partial charge >= 0.3 is 0 Å². The number of hydrogen-bond acceptors (Lipinski definition) is 4. The first-order valence-corrected chi connectivity index (χ1v) is 9.41. The Morgan fingerprint density at radius 2 is 2.33 bits per heavy atom. The minimum absolute atomic E-state index is 0.0193. The Morgan fingerprint density at radius 3 is 3.08 bits per heavy atom. The molecule has 2 heterocycles. The lowest BCUT2D eigenvalue weighted by molar-refractivity contribution is -0.131. The maximum atomic E-state index is 12.7. The Morgan fingerprint density at radius 1 is 1.46 bits per heavy atom. The zero-order valence-corrected chi connectivity index (χ0v) is 15.1. The number of piperazine rings is 1. The zero-order chi connectivity index (χ0) is 16.9. The van der Waals surface area contributed by atoms with Crippen molar-refractivity contribution in [1.29, 1.82) is 0 Å². The Labute approximate surface area is 147 Å². The highest BCUT2D eigenvalue weighted by Crippen LogP contribution is 2.22. The van der Waals surface area contributed by atoms with Crippen molar-refractivity contribution in [2.45, 2.75) is 18.7 Å². The van der Waals surface area contributed by atoms with Gasteiger partial charge in [0.25, 0.3) is 0 Å². The van der Waals surface area contributed by atoms with Gasteiger partial charge in [-0.2, -0.15) is 0 Å². The van der Waals surface area contributed by atoms with Crippen molar-refractivity contribution in [3.05, 3.63) is 53.6 Å². The van der Waals surface area contributed by atoms with Crippen molar-refractivity contribution >= 4 is 17.7 Å². The number of rotatable bonds is 5. The Bertz CT molecular complexity index is 700. The van der Waals surface area contributed by atoms with E-state index in [1.165, 1.54) is 11.1 Å². The van der Waals surface area contributed by atoms with Gasteiger partial charge in [-0.3, -0.25) is 4.79 Å². The quantitative estimate of drug-likeness (QED) is 0.903. The number of aryl methyl sites for hydroxylation is 2. The standard InChI is InChI=1S/C18H24N4OS/c1-14-4-3-5-15(10-14)12-24-13-17(23)22-9-6-19-11-16(22)18-20-7-8-21(18)2/h3-5,7-8,10,16,19H,6,9,11-13H2,1-2H3. The SMILES string of the molecule is Cc1cccc(CSCC(=O)N2CCNCC2c2nccn2C)c1. The van der Waals surface area contributed by atoms with Gasteiger partial charge < -0.3 is 14.8 Å². The summed E-state index contributed by atoms with van der Waals surface area (Å²) in [4.78, 5) is 19.1. The molecular weight excluding hydrogens is 320 g/mol. The molecule has 0 spiro atoms. The molecular formula is C18H24N4OS. The largest absolute Gasteiger partial charge is 0.336 e. The molecule has 1 atom stereocenters. The number of amides is 1. The van der Waals surface area contributed by atoms with E-state index in [0.29, 0.717) is 5.75 Å². The number of carbonyl (C=O) groups is 1. The third kappa shape index (κ3) is 3.99. The molecule has 0 radical (unpaired) electrons. The van der Waals surface area contributed by atoms with E-state index in [9.17, 15) is 4.79 Å². The van der Waals surface area contributed by atoms with E-state index in [0.717, 1.165) is 31.2 Å². The van der Waals surface area contributed by atoms with Gasteiger partial charge in [-0.25, -0.2) is 4.98 Å². The van der Waals surface area contributed by atoms with E-state index in [-0.39, 0.29) is 11.9 Å². The zero-order valence-electron chi connectivity index (χ0n) is 14.2. The normalized spacial score (nSPS) is 17.9. The first kappa shape index (κ1) is 17.0. The van der Waals surface area contributed by atoms with Crippen LogP contribution in [-0.2, 0) is 17.6 Å². The summed E-state index contributed by atoms with van der Waals surface area (Å²) in [6.45, 7) is 4.44. The van der Waals surface area contributed by atoms with Crippen molar-refractivity contribution < 1.29 is 4.79 Å². The van der Waals surface area contributed by atoms with Crippen LogP contribution in [0.2, 0.25) is 0 Å². The lowest BCUT2D eigenvalue weighted by atomic mass is 10.1. The van der Waals surface area contributed by atoms with Crippen LogP contribution >= 0.6 is 11.8 Å². The van der Waals surface area contributed by atoms with Gasteiger partial charge in [-0.05, 0) is 12.5 Å². The van der Waals surface area contributed by atoms with Crippen LogP contribution in [0, 0.1) is 6.92 Å². The smallest absolute Gasteiger partial charge is 0.233 e. The molecule has 128 valence electrons. The molecule has 1 unspecified atom stereocenters. The highest BCUT2D eigenvalue weighted by molar-refractivity contribution is 7.99. The molecule has 1 saturated heterocycles. The van der Waals surface area contributed by atoms with Gasteiger partial charge in [0.2, 0.25) is 5.91 Å². The highest BCUT2D eigenvalue weighted by Gasteiger charge is 2.30. The van der Waals surface area contributed by atoms with E-state index < -0.39 is 0 Å². The summed E-state index contributed by atoms with van der Waals surface area (Å²) in [5.74, 6) is 2.52. The number of thioether (sulfide) groups is 1. The molecule has 3 rings (SSSR count). The van der Waals surface area contributed by atoms with Crippen LogP contribution in [0.3, 0.4) is 0 Å². The van der Waals surface area contributed by atoms with Crippen LogP contribution in [0.4, 0.5) is 0 Å². The van der Waals surface area contributed by atoms with Crippen LogP contribution < -0.4 is 5.32 Å². The Kier molecular flexibility index (Phi) is 5.58. The molecule has 5 nitrogen and oxygen atoms in total. The van der Waals surface area contributed by atoms with Gasteiger partial charge in [-0.15, -0.1) is 11.8 Å². The highest BCUT2D eigenvalue weighted by atomic mass is 32.2. The summed E-state index contributed by atoms with van der Waals surface area (Å²) in [6, 6.07) is 8.48. The van der Waals surface area contributed by atoms with Crippen molar-refractivity contribution in [3.63, 3.8) is 0 Å². The molecule has 0 saturated carbocycles. The predicted octanol–water partition coefficient (Wildman–Crippen LogP) is 2.13. The third-order valence-corrected chi connectivity index (χ3v) is 5.29. The monoisotopic (exact) mass is 344 g/mol. The molecule has 1 fully saturated rings. The van der Waals surface area contributed by atoms with Gasteiger partial charge in [0, 0.05) is 44.8 Å². The summed E-state index contributed by atoms with van der Waals surface area (Å²) < 4.78 is 2.00. The number of nitrogens with one attached hydrogen (secondary N) is 1. The lowest BCUT2D eigenvalue weighted by Crippen LogP contribution is -2.50. The topological polar surface area (TPSA) is 50.2 Å². The van der Waals surface area contributed by atoms with Gasteiger partial charge in [-0.1, -0.05) is 29.8 Å². The van der Waals surface area contributed by atoms with Crippen molar-refractivity contribution in [2.75, 3.05) is 25.4 Å². The first-order valence-electron chi connectivity index (χ1n) is 8.26. The van der Waals surface area contributed by atoms with Gasteiger partial charge in [0.15, 0.2) is 0 Å². The first-order chi connectivity index (χ1) is 11.6. The van der Waals surface area contributed by atoms with Crippen molar-refractivity contribution in [2.24, 2.45) is 7.05 Å². The molecule has 1 aromatic heterocycles. The lowest BCUT2D eigenvalue weighted by Gasteiger charge is -2.35. The number of nitrogens with zero attached hydrogens (tertiary/aromatic N) is 3. The van der Waals surface area contributed by atoms with Crippen LogP contribution in [0.5, 0.6) is 0 Å². The van der Waals surface area contributed by atoms with Gasteiger partial charge in [0.1, 0.15) is 11.9 Å². The van der Waals surface area contributed by atoms with Crippen LogP contribution in [0.25, 0.3) is 0 Å². The second-order valence-corrected chi connectivity index (χ2v) is 7.17. The Hall–Kier alpha value is -1.79.